The number of cyclic esters (lactones) is 1. The van der Waals surface area contributed by atoms with Gasteiger partial charge in [-0.3, -0.25) is 9.59 Å². The molecule has 2 atom stereocenters. The van der Waals surface area contributed by atoms with Crippen LogP contribution in [0.15, 0.2) is 30.6 Å². The monoisotopic (exact) mass is 515 g/mol. The lowest BCUT2D eigenvalue weighted by atomic mass is 9.73. The highest BCUT2D eigenvalue weighted by atomic mass is 19.1. The Balaban J connectivity index is 1.20. The van der Waals surface area contributed by atoms with E-state index in [0.717, 1.165) is 36.8 Å². The number of ketones is 1. The Morgan fingerprint density at radius 3 is 2.71 bits per heavy atom. The molecule has 9 heteroatoms. The lowest BCUT2D eigenvalue weighted by Crippen LogP contribution is -2.52. The first-order valence-electron chi connectivity index (χ1n) is 13.4. The SMILES string of the molecule is [C-]#[N+]C1(c2ccc(CCC3(C4CCCC4)CC(=O)C(Cc4nc5ncc(C)cn5n4)C(=O)O3)cc2F)CC1. The number of hydrogen-bond donors (Lipinski definition) is 0. The summed E-state index contributed by atoms with van der Waals surface area (Å²) in [5, 5.41) is 4.40. The summed E-state index contributed by atoms with van der Waals surface area (Å²) < 4.78 is 22.7. The van der Waals surface area contributed by atoms with E-state index in [1.165, 1.54) is 6.07 Å². The van der Waals surface area contributed by atoms with Gasteiger partial charge in [0.2, 0.25) is 0 Å². The van der Waals surface area contributed by atoms with Crippen molar-refractivity contribution in [3.63, 3.8) is 0 Å². The highest BCUT2D eigenvalue weighted by Crippen LogP contribution is 2.50. The predicted molar refractivity (Wildman–Crippen MR) is 135 cm³/mol. The van der Waals surface area contributed by atoms with Gasteiger partial charge < -0.3 is 9.58 Å². The van der Waals surface area contributed by atoms with Crippen LogP contribution >= 0.6 is 0 Å². The van der Waals surface area contributed by atoms with Crippen LogP contribution in [-0.2, 0) is 32.7 Å². The fourth-order valence-corrected chi connectivity index (χ4v) is 6.27. The predicted octanol–water partition coefficient (Wildman–Crippen LogP) is 4.72. The smallest absolute Gasteiger partial charge is 0.317 e. The number of esters is 1. The first-order valence-corrected chi connectivity index (χ1v) is 13.4. The summed E-state index contributed by atoms with van der Waals surface area (Å²) >= 11 is 0. The van der Waals surface area contributed by atoms with Gasteiger partial charge in [-0.25, -0.2) is 20.5 Å². The van der Waals surface area contributed by atoms with E-state index in [1.54, 1.807) is 23.0 Å². The van der Waals surface area contributed by atoms with Crippen molar-refractivity contribution < 1.29 is 18.7 Å². The van der Waals surface area contributed by atoms with Gasteiger partial charge in [-0.15, -0.1) is 5.10 Å². The molecule has 0 bridgehead atoms. The normalized spacial score (nSPS) is 24.9. The number of carbonyl (C=O) groups is 2. The second-order valence-corrected chi connectivity index (χ2v) is 11.2. The molecule has 1 saturated heterocycles. The average molecular weight is 516 g/mol. The van der Waals surface area contributed by atoms with Gasteiger partial charge in [0.15, 0.2) is 11.6 Å². The Labute approximate surface area is 220 Å². The lowest BCUT2D eigenvalue weighted by molar-refractivity contribution is -0.185. The van der Waals surface area contributed by atoms with E-state index < -0.39 is 23.0 Å². The molecular formula is C29H30FN5O3. The summed E-state index contributed by atoms with van der Waals surface area (Å²) in [4.78, 5) is 39.0. The van der Waals surface area contributed by atoms with Gasteiger partial charge in [0.1, 0.15) is 17.3 Å². The molecule has 38 heavy (non-hydrogen) atoms. The standard InChI is InChI=1S/C29H30FN5O3/c1-18-16-32-27-33-25(34-35(27)17-18)14-21-24(36)15-29(38-26(21)37,20-5-3-4-6-20)10-9-19-7-8-22(23(30)13-19)28(31-2)11-12-28/h7-8,13,16-17,20-21H,3-6,9-12,14-15H2,1H3. The van der Waals surface area contributed by atoms with E-state index in [1.807, 2.05) is 13.0 Å². The molecule has 6 rings (SSSR count). The fraction of sp³-hybridized carbons (Fsp3) is 0.517. The second kappa shape index (κ2) is 9.26. The number of fused-ring (bicyclic) bond motifs is 1. The Hall–Kier alpha value is -3.67. The number of aromatic nitrogens is 4. The van der Waals surface area contributed by atoms with Crippen LogP contribution in [0, 0.1) is 31.1 Å². The van der Waals surface area contributed by atoms with E-state index in [-0.39, 0.29) is 30.4 Å². The minimum Gasteiger partial charge on any atom is -0.458 e. The van der Waals surface area contributed by atoms with Gasteiger partial charge in [-0.2, -0.15) is 4.98 Å². The van der Waals surface area contributed by atoms with E-state index in [4.69, 9.17) is 11.3 Å². The summed E-state index contributed by atoms with van der Waals surface area (Å²) in [5.74, 6) is -1.05. The highest BCUT2D eigenvalue weighted by molar-refractivity contribution is 6.01. The second-order valence-electron chi connectivity index (χ2n) is 11.2. The van der Waals surface area contributed by atoms with Crippen LogP contribution in [0.1, 0.15) is 73.9 Å². The molecule has 8 nitrogen and oxygen atoms in total. The number of ether oxygens (including phenoxy) is 1. The maximum absolute atomic E-state index is 14.9. The first-order chi connectivity index (χ1) is 18.3. The third-order valence-corrected chi connectivity index (χ3v) is 8.61. The van der Waals surface area contributed by atoms with Crippen molar-refractivity contribution in [3.8, 4) is 0 Å². The summed E-state index contributed by atoms with van der Waals surface area (Å²) in [6, 6.07) is 5.10. The summed E-state index contributed by atoms with van der Waals surface area (Å²) in [5.41, 5.74) is 0.603. The van der Waals surface area contributed by atoms with Gasteiger partial charge in [0, 0.05) is 38.1 Å². The summed E-state index contributed by atoms with van der Waals surface area (Å²) in [6.45, 7) is 9.32. The van der Waals surface area contributed by atoms with Crippen LogP contribution in [0.25, 0.3) is 10.6 Å². The molecule has 2 aliphatic carbocycles. The zero-order valence-electron chi connectivity index (χ0n) is 21.5. The van der Waals surface area contributed by atoms with Crippen molar-refractivity contribution in [1.82, 2.24) is 19.6 Å². The Kier molecular flexibility index (Phi) is 6.01. The number of carbonyl (C=O) groups excluding carboxylic acids is 2. The molecule has 0 amide bonds. The molecule has 0 spiro atoms. The van der Waals surface area contributed by atoms with Crippen molar-refractivity contribution in [1.29, 1.82) is 0 Å². The van der Waals surface area contributed by atoms with Gasteiger partial charge in [0.05, 0.1) is 5.56 Å². The van der Waals surface area contributed by atoms with Gasteiger partial charge in [0.25, 0.3) is 11.3 Å². The molecule has 196 valence electrons. The minimum atomic E-state index is -0.942. The number of nitrogens with zero attached hydrogens (tertiary/aromatic N) is 5. The maximum Gasteiger partial charge on any atom is 0.317 e. The van der Waals surface area contributed by atoms with Crippen LogP contribution < -0.4 is 0 Å². The first kappa shape index (κ1) is 24.7. The van der Waals surface area contributed by atoms with E-state index in [2.05, 4.69) is 19.9 Å². The average Bonchev–Trinajstić information content (AvgIpc) is 3.28. The van der Waals surface area contributed by atoms with Crippen LogP contribution in [-0.4, -0.2) is 36.9 Å². The number of benzene rings is 1. The Morgan fingerprint density at radius 2 is 2.03 bits per heavy atom. The molecule has 1 aromatic carbocycles. The van der Waals surface area contributed by atoms with Crippen LogP contribution in [0.2, 0.25) is 0 Å². The van der Waals surface area contributed by atoms with Gasteiger partial charge in [-0.1, -0.05) is 18.9 Å². The number of hydrogen-bond acceptors (Lipinski definition) is 6. The number of halogens is 1. The zero-order valence-corrected chi connectivity index (χ0v) is 21.5. The van der Waals surface area contributed by atoms with E-state index >= 15 is 0 Å². The third kappa shape index (κ3) is 4.36. The molecule has 0 N–H and O–H groups in total. The maximum atomic E-state index is 14.9. The number of rotatable bonds is 7. The Morgan fingerprint density at radius 1 is 1.24 bits per heavy atom. The van der Waals surface area contributed by atoms with Crippen LogP contribution in [0.5, 0.6) is 0 Å². The van der Waals surface area contributed by atoms with Crippen molar-refractivity contribution in [3.05, 3.63) is 70.3 Å². The van der Waals surface area contributed by atoms with Gasteiger partial charge in [-0.05, 0) is 61.8 Å². The summed E-state index contributed by atoms with van der Waals surface area (Å²) in [7, 11) is 0. The Bertz CT molecular complexity index is 1450. The molecule has 1 aliphatic heterocycles. The highest BCUT2D eigenvalue weighted by Gasteiger charge is 2.54. The van der Waals surface area contributed by atoms with E-state index in [9.17, 15) is 14.0 Å². The lowest BCUT2D eigenvalue weighted by Gasteiger charge is -2.43. The molecule has 2 saturated carbocycles. The van der Waals surface area contributed by atoms with Crippen LogP contribution in [0.4, 0.5) is 4.39 Å². The minimum absolute atomic E-state index is 0.0797. The third-order valence-electron chi connectivity index (χ3n) is 8.61. The molecular weight excluding hydrogens is 485 g/mol. The van der Waals surface area contributed by atoms with Crippen molar-refractivity contribution in [2.75, 3.05) is 0 Å². The van der Waals surface area contributed by atoms with Gasteiger partial charge >= 0.3 is 5.97 Å². The molecule has 2 aromatic heterocycles. The molecule has 0 radical (unpaired) electrons. The number of aryl methyl sites for hydroxylation is 2. The number of Topliss-reactive ketones (excluding diaryl/α,β-unsaturated/α-hetero) is 1. The summed E-state index contributed by atoms with van der Waals surface area (Å²) in [6.07, 6.45) is 9.96. The molecule has 3 heterocycles. The molecule has 3 aromatic rings. The molecule has 2 unspecified atom stereocenters. The van der Waals surface area contributed by atoms with E-state index in [0.29, 0.717) is 42.8 Å². The topological polar surface area (TPSA) is 90.8 Å². The zero-order chi connectivity index (χ0) is 26.5. The largest absolute Gasteiger partial charge is 0.458 e. The van der Waals surface area contributed by atoms with Crippen molar-refractivity contribution in [2.45, 2.75) is 82.3 Å². The van der Waals surface area contributed by atoms with Crippen molar-refractivity contribution in [2.24, 2.45) is 11.8 Å². The fourth-order valence-electron chi connectivity index (χ4n) is 6.27. The van der Waals surface area contributed by atoms with Crippen molar-refractivity contribution >= 4 is 17.5 Å². The quantitative estimate of drug-likeness (QED) is 0.257. The van der Waals surface area contributed by atoms with Crippen LogP contribution in [0.3, 0.4) is 0 Å². The molecule has 3 aliphatic rings. The molecule has 3 fully saturated rings.